The third-order valence-electron chi connectivity index (χ3n) is 8.39. The molecule has 5 nitrogen and oxygen atoms in total. The van der Waals surface area contributed by atoms with E-state index in [1.54, 1.807) is 0 Å². The predicted octanol–water partition coefficient (Wildman–Crippen LogP) is 8.30. The van der Waals surface area contributed by atoms with Crippen molar-refractivity contribution in [2.45, 2.75) is 129 Å². The van der Waals surface area contributed by atoms with Crippen molar-refractivity contribution < 1.29 is 23.5 Å². The largest absolute Gasteiger partial charge is 0.465 e. The summed E-state index contributed by atoms with van der Waals surface area (Å²) in [6.45, 7) is 25.2. The minimum absolute atomic E-state index is 0.0802. The molecule has 0 aliphatic carbocycles. The average Bonchev–Trinajstić information content (AvgIpc) is 2.80. The van der Waals surface area contributed by atoms with Gasteiger partial charge >= 0.3 is 5.97 Å². The van der Waals surface area contributed by atoms with Gasteiger partial charge in [-0.15, -0.1) is 0 Å². The molecule has 7 heteroatoms. The first kappa shape index (κ1) is 34.8. The van der Waals surface area contributed by atoms with E-state index >= 15 is 0 Å². The Morgan fingerprint density at radius 2 is 1.53 bits per heavy atom. The zero-order valence-electron chi connectivity index (χ0n) is 26.3. The molecule has 0 amide bonds. The van der Waals surface area contributed by atoms with E-state index in [4.69, 9.17) is 13.6 Å². The molecule has 38 heavy (non-hydrogen) atoms. The van der Waals surface area contributed by atoms with Gasteiger partial charge < -0.3 is 18.7 Å². The van der Waals surface area contributed by atoms with Gasteiger partial charge in [-0.3, -0.25) is 0 Å². The smallest absolute Gasteiger partial charge is 0.338 e. The lowest BCUT2D eigenvalue weighted by molar-refractivity contribution is 0.0599. The first-order chi connectivity index (χ1) is 17.5. The second-order valence-corrected chi connectivity index (χ2v) is 23.2. The van der Waals surface area contributed by atoms with E-state index in [1.165, 1.54) is 7.11 Å². The van der Waals surface area contributed by atoms with Gasteiger partial charge in [-0.2, -0.15) is 0 Å². The van der Waals surface area contributed by atoms with Gasteiger partial charge in [-0.1, -0.05) is 92.7 Å². The number of esters is 1. The molecule has 1 rings (SSSR count). The maximum absolute atomic E-state index is 12.3. The minimum atomic E-state index is -2.17. The molecular formula is C31H56O5Si2. The number of aliphatic hydroxyl groups is 1. The van der Waals surface area contributed by atoms with Crippen molar-refractivity contribution in [1.82, 2.24) is 0 Å². The third kappa shape index (κ3) is 9.15. The lowest BCUT2D eigenvalue weighted by Crippen LogP contribution is -2.51. The highest BCUT2D eigenvalue weighted by Gasteiger charge is 2.47. The molecule has 0 aliphatic heterocycles. The van der Waals surface area contributed by atoms with Gasteiger partial charge in [-0.25, -0.2) is 4.79 Å². The fraction of sp³-hybridized carbons (Fsp3) is 0.710. The summed E-state index contributed by atoms with van der Waals surface area (Å²) in [5.74, 6) is -0.321. The summed E-state index contributed by atoms with van der Waals surface area (Å²) >= 11 is 0. The molecule has 0 fully saturated rings. The molecule has 0 bridgehead atoms. The molecule has 1 aromatic carbocycles. The second kappa shape index (κ2) is 14.9. The first-order valence-electron chi connectivity index (χ1n) is 14.3. The molecule has 1 aromatic rings. The molecule has 1 N–H and O–H groups in total. The van der Waals surface area contributed by atoms with Gasteiger partial charge in [0.2, 0.25) is 8.32 Å². The van der Waals surface area contributed by atoms with Crippen molar-refractivity contribution in [3.8, 4) is 0 Å². The Hall–Kier alpha value is -1.26. The van der Waals surface area contributed by atoms with E-state index < -0.39 is 16.6 Å². The molecule has 218 valence electrons. The summed E-state index contributed by atoms with van der Waals surface area (Å²) in [6, 6.07) is 7.58. The monoisotopic (exact) mass is 564 g/mol. The molecular weight excluding hydrogens is 509 g/mol. The number of allylic oxidation sites excluding steroid dienone is 1. The highest BCUT2D eigenvalue weighted by molar-refractivity contribution is 6.77. The molecule has 0 saturated carbocycles. The van der Waals surface area contributed by atoms with Crippen LogP contribution in [-0.4, -0.2) is 53.6 Å². The minimum Gasteiger partial charge on any atom is -0.465 e. The topological polar surface area (TPSA) is 65.0 Å². The van der Waals surface area contributed by atoms with Gasteiger partial charge in [0, 0.05) is 19.1 Å². The van der Waals surface area contributed by atoms with Crippen molar-refractivity contribution in [1.29, 1.82) is 0 Å². The summed E-state index contributed by atoms with van der Waals surface area (Å²) in [4.78, 5) is 12.3. The number of rotatable bonds is 15. The average molecular weight is 565 g/mol. The highest BCUT2D eigenvalue weighted by atomic mass is 28.4. The van der Waals surface area contributed by atoms with Crippen molar-refractivity contribution in [2.24, 2.45) is 0 Å². The van der Waals surface area contributed by atoms with Crippen LogP contribution in [-0.2, 0) is 20.0 Å². The van der Waals surface area contributed by atoms with Gasteiger partial charge in [0.15, 0.2) is 8.32 Å². The van der Waals surface area contributed by atoms with E-state index in [1.807, 2.05) is 24.3 Å². The Labute approximate surface area is 235 Å². The SMILES string of the molecule is COC(=O)c1ccccc1C/C=C/[C@H](C[C@H](CCO)O[Si](C)(C)C(C)(C)C)O[Si](C(C)C)(C(C)C)C(C)C. The number of carbonyl (C=O) groups excluding carboxylic acids is 1. The fourth-order valence-electron chi connectivity index (χ4n) is 5.41. The summed E-state index contributed by atoms with van der Waals surface area (Å²) in [5, 5.41) is 10.00. The number of hydrogen-bond acceptors (Lipinski definition) is 5. The molecule has 0 radical (unpaired) electrons. The predicted molar refractivity (Wildman–Crippen MR) is 165 cm³/mol. The number of aliphatic hydroxyl groups excluding tert-OH is 1. The van der Waals surface area contributed by atoms with Crippen molar-refractivity contribution in [3.63, 3.8) is 0 Å². The van der Waals surface area contributed by atoms with E-state index in [0.29, 0.717) is 41.4 Å². The van der Waals surface area contributed by atoms with Crippen LogP contribution in [0.15, 0.2) is 36.4 Å². The van der Waals surface area contributed by atoms with E-state index in [2.05, 4.69) is 87.6 Å². The van der Waals surface area contributed by atoms with Crippen LogP contribution in [0.25, 0.3) is 0 Å². The maximum Gasteiger partial charge on any atom is 0.338 e. The van der Waals surface area contributed by atoms with Crippen molar-refractivity contribution >= 4 is 22.6 Å². The van der Waals surface area contributed by atoms with Gasteiger partial charge in [0.1, 0.15) is 0 Å². The summed E-state index contributed by atoms with van der Waals surface area (Å²) in [7, 11) is -2.79. The first-order valence-corrected chi connectivity index (χ1v) is 19.4. The Kier molecular flexibility index (Phi) is 13.7. The Balaban J connectivity index is 3.41. The molecule has 0 unspecified atom stereocenters. The van der Waals surface area contributed by atoms with Gasteiger partial charge in [-0.05, 0) is 59.2 Å². The van der Waals surface area contributed by atoms with Crippen LogP contribution in [0.2, 0.25) is 34.8 Å². The number of hydrogen-bond donors (Lipinski definition) is 1. The lowest BCUT2D eigenvalue weighted by Gasteiger charge is -2.45. The molecule has 2 atom stereocenters. The number of carbonyl (C=O) groups is 1. The van der Waals surface area contributed by atoms with Crippen LogP contribution < -0.4 is 0 Å². The van der Waals surface area contributed by atoms with Crippen molar-refractivity contribution in [3.05, 3.63) is 47.5 Å². The second-order valence-electron chi connectivity index (χ2n) is 13.0. The summed E-state index contributed by atoms with van der Waals surface area (Å²) in [6.07, 6.45) is 5.96. The van der Waals surface area contributed by atoms with Crippen LogP contribution in [0.1, 0.15) is 91.1 Å². The van der Waals surface area contributed by atoms with Crippen LogP contribution in [0.5, 0.6) is 0 Å². The Morgan fingerprint density at radius 1 is 0.974 bits per heavy atom. The van der Waals surface area contributed by atoms with Crippen LogP contribution >= 0.6 is 0 Å². The lowest BCUT2D eigenvalue weighted by atomic mass is 10.0. The van der Waals surface area contributed by atoms with E-state index in [9.17, 15) is 9.90 Å². The number of benzene rings is 1. The normalized spacial score (nSPS) is 15.1. The van der Waals surface area contributed by atoms with E-state index in [-0.39, 0.29) is 29.8 Å². The quantitative estimate of drug-likeness (QED) is 0.132. The highest BCUT2D eigenvalue weighted by Crippen LogP contribution is 2.44. The molecule has 0 aromatic heterocycles. The molecule has 0 saturated heterocycles. The third-order valence-corrected chi connectivity index (χ3v) is 19.0. The molecule has 0 aliphatic rings. The number of methoxy groups -OCH3 is 1. The van der Waals surface area contributed by atoms with E-state index in [0.717, 1.165) is 5.56 Å². The molecule has 0 spiro atoms. The van der Waals surface area contributed by atoms with Gasteiger partial charge in [0.05, 0.1) is 18.8 Å². The maximum atomic E-state index is 12.3. The van der Waals surface area contributed by atoms with Crippen LogP contribution in [0.4, 0.5) is 0 Å². The summed E-state index contributed by atoms with van der Waals surface area (Å²) < 4.78 is 19.1. The summed E-state index contributed by atoms with van der Waals surface area (Å²) in [5.41, 5.74) is 2.88. The Morgan fingerprint density at radius 3 is 2.00 bits per heavy atom. The zero-order chi connectivity index (χ0) is 29.3. The number of ether oxygens (including phenoxy) is 1. The molecule has 0 heterocycles. The fourth-order valence-corrected chi connectivity index (χ4v) is 12.3. The van der Waals surface area contributed by atoms with Crippen LogP contribution in [0, 0.1) is 0 Å². The van der Waals surface area contributed by atoms with Crippen molar-refractivity contribution in [2.75, 3.05) is 13.7 Å². The zero-order valence-corrected chi connectivity index (χ0v) is 28.3. The standard InChI is InChI=1S/C31H56O5Si2/c1-23(2)38(24(3)4,25(5)6)36-27(22-28(20-21-32)35-37(11,12)31(7,8)9)18-15-17-26-16-13-14-19-29(26)30(33)34-10/h13-16,18-19,23-25,27-28,32H,17,20-22H2,1-12H3/b18-15+/t27-,28+/m1/s1. The van der Waals surface area contributed by atoms with Crippen LogP contribution in [0.3, 0.4) is 0 Å². The van der Waals surface area contributed by atoms with Gasteiger partial charge in [0.25, 0.3) is 0 Å². The Bertz CT molecular complexity index is 865.